The van der Waals surface area contributed by atoms with E-state index in [0.717, 1.165) is 51.2 Å². The Morgan fingerprint density at radius 2 is 1.77 bits per heavy atom. The number of hydrogen-bond acceptors (Lipinski definition) is 5. The van der Waals surface area contributed by atoms with Crippen LogP contribution >= 0.6 is 0 Å². The second kappa shape index (κ2) is 13.4. The lowest BCUT2D eigenvalue weighted by molar-refractivity contribution is 0.0523. The van der Waals surface area contributed by atoms with Gasteiger partial charge in [0.1, 0.15) is 5.60 Å². The zero-order valence-electron chi connectivity index (χ0n) is 24.4. The number of amides is 1. The Morgan fingerprint density at radius 3 is 2.38 bits per heavy atom. The first-order valence-corrected chi connectivity index (χ1v) is 13.7. The van der Waals surface area contributed by atoms with Crippen molar-refractivity contribution in [3.05, 3.63) is 93.8 Å². The van der Waals surface area contributed by atoms with E-state index in [1.54, 1.807) is 12.1 Å². The summed E-state index contributed by atoms with van der Waals surface area (Å²) < 4.78 is 5.51. The number of carboxylic acids is 1. The molecule has 0 aliphatic heterocycles. The van der Waals surface area contributed by atoms with Crippen LogP contribution < -0.4 is 11.1 Å². The third-order valence-electron chi connectivity index (χ3n) is 6.37. The molecule has 0 aliphatic carbocycles. The lowest BCUT2D eigenvalue weighted by atomic mass is 9.89. The van der Waals surface area contributed by atoms with Crippen LogP contribution in [0.3, 0.4) is 0 Å². The van der Waals surface area contributed by atoms with Crippen LogP contribution in [0.1, 0.15) is 78.6 Å². The van der Waals surface area contributed by atoms with Crippen molar-refractivity contribution in [3.8, 4) is 11.1 Å². The zero-order valence-corrected chi connectivity index (χ0v) is 24.4. The molecule has 0 fully saturated rings. The Kier molecular flexibility index (Phi) is 10.2. The van der Waals surface area contributed by atoms with Gasteiger partial charge in [0.25, 0.3) is 0 Å². The topological polar surface area (TPSA) is 115 Å². The molecule has 7 nitrogen and oxygen atoms in total. The van der Waals surface area contributed by atoms with Gasteiger partial charge >= 0.3 is 12.1 Å². The number of aryl methyl sites for hydroxylation is 1. The van der Waals surface area contributed by atoms with Gasteiger partial charge in [-0.15, -0.1) is 0 Å². The molecule has 0 unspecified atom stereocenters. The van der Waals surface area contributed by atoms with Gasteiger partial charge in [-0.2, -0.15) is 0 Å². The molecular weight excluding hydrogens is 502 g/mol. The largest absolute Gasteiger partial charge is 0.478 e. The molecule has 0 spiro atoms. The number of carboxylic acid groups (broad SMARTS) is 1. The second-order valence-electron chi connectivity index (χ2n) is 11.3. The summed E-state index contributed by atoms with van der Waals surface area (Å²) in [5.74, 6) is -0.593. The van der Waals surface area contributed by atoms with Gasteiger partial charge in [0.05, 0.1) is 5.56 Å². The number of aromatic carboxylic acids is 1. The van der Waals surface area contributed by atoms with E-state index in [1.165, 1.54) is 0 Å². The molecule has 0 atom stereocenters. The molecule has 4 N–H and O–H groups in total. The van der Waals surface area contributed by atoms with Crippen LogP contribution in [0.5, 0.6) is 0 Å². The van der Waals surface area contributed by atoms with Gasteiger partial charge in [0.15, 0.2) is 0 Å². The fourth-order valence-corrected chi connectivity index (χ4v) is 4.59. The Balaban J connectivity index is 2.14. The molecule has 0 saturated carbocycles. The molecule has 1 aromatic heterocycles. The highest BCUT2D eigenvalue weighted by molar-refractivity contribution is 5.89. The van der Waals surface area contributed by atoms with Crippen LogP contribution in [0, 0.1) is 12.8 Å². The molecule has 7 heteroatoms. The minimum absolute atomic E-state index is 0.251. The third kappa shape index (κ3) is 8.26. The van der Waals surface area contributed by atoms with Crippen LogP contribution in [0.15, 0.2) is 54.6 Å². The van der Waals surface area contributed by atoms with E-state index >= 15 is 0 Å². The summed E-state index contributed by atoms with van der Waals surface area (Å²) >= 11 is 0. The van der Waals surface area contributed by atoms with Gasteiger partial charge in [-0.25, -0.2) is 9.59 Å². The van der Waals surface area contributed by atoms with Crippen molar-refractivity contribution in [2.75, 3.05) is 0 Å². The summed E-state index contributed by atoms with van der Waals surface area (Å²) in [6, 6.07) is 15.1. The zero-order chi connectivity index (χ0) is 29.4. The van der Waals surface area contributed by atoms with Crippen molar-refractivity contribution in [2.45, 2.75) is 73.1 Å². The maximum absolute atomic E-state index is 12.6. The predicted octanol–water partition coefficient (Wildman–Crippen LogP) is 6.69. The lowest BCUT2D eigenvalue weighted by Gasteiger charge is -2.23. The van der Waals surface area contributed by atoms with Crippen molar-refractivity contribution in [1.29, 1.82) is 0 Å². The van der Waals surface area contributed by atoms with Crippen LogP contribution in [-0.2, 0) is 30.7 Å². The van der Waals surface area contributed by atoms with Gasteiger partial charge in [-0.05, 0) is 74.8 Å². The number of carbonyl (C=O) groups excluding carboxylic acids is 1. The van der Waals surface area contributed by atoms with Gasteiger partial charge < -0.3 is 20.9 Å². The van der Waals surface area contributed by atoms with Crippen molar-refractivity contribution < 1.29 is 19.4 Å². The van der Waals surface area contributed by atoms with E-state index in [9.17, 15) is 14.7 Å². The molecule has 3 aromatic rings. The molecular formula is C33H41N3O4. The standard InChI is InChI=1S/C33H41N3O4/c1-21(2)18-29-28(20-35-32(39)40-33(4,5)6)30(25-16-14-23(19-34)15-17-25)26(22(3)36-29)13-9-11-24-10-7-8-12-27(24)31(37)38/h7-10,12-17,21H,11,18-20,34H2,1-6H3,(H,35,39)(H,37,38)/b13-9+. The minimum Gasteiger partial charge on any atom is -0.478 e. The number of carbonyl (C=O) groups is 2. The van der Waals surface area contributed by atoms with Crippen molar-refractivity contribution in [1.82, 2.24) is 10.3 Å². The fraction of sp³-hybridized carbons (Fsp3) is 0.364. The second-order valence-corrected chi connectivity index (χ2v) is 11.3. The number of nitrogens with two attached hydrogens (primary N) is 1. The molecule has 3 rings (SSSR count). The first-order valence-electron chi connectivity index (χ1n) is 13.7. The Morgan fingerprint density at radius 1 is 1.10 bits per heavy atom. The number of rotatable bonds is 10. The molecule has 1 heterocycles. The van der Waals surface area contributed by atoms with E-state index in [2.05, 4.69) is 19.2 Å². The van der Waals surface area contributed by atoms with E-state index in [-0.39, 0.29) is 12.1 Å². The molecule has 1 amide bonds. The number of aromatic nitrogens is 1. The average molecular weight is 544 g/mol. The quantitative estimate of drug-likeness (QED) is 0.262. The highest BCUT2D eigenvalue weighted by atomic mass is 16.6. The van der Waals surface area contributed by atoms with E-state index < -0.39 is 17.7 Å². The van der Waals surface area contributed by atoms with Gasteiger partial charge in [0.2, 0.25) is 0 Å². The minimum atomic E-state index is -0.948. The van der Waals surface area contributed by atoms with Crippen LogP contribution in [0.4, 0.5) is 4.79 Å². The molecule has 0 bridgehead atoms. The maximum atomic E-state index is 12.6. The fourth-order valence-electron chi connectivity index (χ4n) is 4.59. The summed E-state index contributed by atoms with van der Waals surface area (Å²) in [6.45, 7) is 12.5. The first kappa shape index (κ1) is 30.6. The molecule has 0 aliphatic rings. The number of nitrogens with zero attached hydrogens (tertiary/aromatic N) is 1. The third-order valence-corrected chi connectivity index (χ3v) is 6.37. The Labute approximate surface area is 237 Å². The van der Waals surface area contributed by atoms with Gasteiger partial charge in [0, 0.05) is 35.6 Å². The van der Waals surface area contributed by atoms with Crippen LogP contribution in [0.2, 0.25) is 0 Å². The number of alkyl carbamates (subject to hydrolysis) is 1. The van der Waals surface area contributed by atoms with Crippen molar-refractivity contribution >= 4 is 18.1 Å². The summed E-state index contributed by atoms with van der Waals surface area (Å²) in [5, 5.41) is 12.5. The summed E-state index contributed by atoms with van der Waals surface area (Å²) in [5.41, 5.74) is 12.9. The SMILES string of the molecule is Cc1nc(CC(C)C)c(CNC(=O)OC(C)(C)C)c(-c2ccc(CN)cc2)c1/C=C/Cc1ccccc1C(=O)O. The van der Waals surface area contributed by atoms with E-state index in [0.29, 0.717) is 18.9 Å². The molecule has 212 valence electrons. The van der Waals surface area contributed by atoms with Gasteiger partial charge in [-0.1, -0.05) is 68.5 Å². The number of hydrogen-bond donors (Lipinski definition) is 3. The van der Waals surface area contributed by atoms with E-state index in [4.69, 9.17) is 15.5 Å². The lowest BCUT2D eigenvalue weighted by Crippen LogP contribution is -2.32. The average Bonchev–Trinajstić information content (AvgIpc) is 2.88. The molecule has 0 radical (unpaired) electrons. The van der Waals surface area contributed by atoms with Crippen LogP contribution in [-0.4, -0.2) is 27.8 Å². The predicted molar refractivity (Wildman–Crippen MR) is 160 cm³/mol. The Hall–Kier alpha value is -3.97. The van der Waals surface area contributed by atoms with E-state index in [1.807, 2.05) is 76.2 Å². The normalized spacial score (nSPS) is 11.7. The molecule has 2 aromatic carbocycles. The summed E-state index contributed by atoms with van der Waals surface area (Å²) in [7, 11) is 0. The summed E-state index contributed by atoms with van der Waals surface area (Å²) in [6.07, 6.45) is 4.68. The number of pyridine rings is 1. The monoisotopic (exact) mass is 543 g/mol. The van der Waals surface area contributed by atoms with Gasteiger partial charge in [-0.3, -0.25) is 4.98 Å². The highest BCUT2D eigenvalue weighted by Gasteiger charge is 2.21. The highest BCUT2D eigenvalue weighted by Crippen LogP contribution is 2.34. The molecule has 0 saturated heterocycles. The maximum Gasteiger partial charge on any atom is 0.407 e. The molecule has 40 heavy (non-hydrogen) atoms. The summed E-state index contributed by atoms with van der Waals surface area (Å²) in [4.78, 5) is 29.3. The van der Waals surface area contributed by atoms with Crippen molar-refractivity contribution in [3.63, 3.8) is 0 Å². The first-order chi connectivity index (χ1) is 18.9. The number of ether oxygens (including phenoxy) is 1. The Bertz CT molecular complexity index is 1370. The number of nitrogens with one attached hydrogen (secondary N) is 1. The number of benzene rings is 2. The smallest absolute Gasteiger partial charge is 0.407 e. The van der Waals surface area contributed by atoms with Crippen LogP contribution in [0.25, 0.3) is 17.2 Å². The van der Waals surface area contributed by atoms with Crippen molar-refractivity contribution in [2.24, 2.45) is 11.7 Å². The number of allylic oxidation sites excluding steroid dienone is 1.